The SMILES string of the molecule is c1ccc(-c2cc3ccccc3c(-c3cccc4c3[nH]c3c(-c5ccccn5)cccc34)n2)cc1. The molecule has 0 spiro atoms. The van der Waals surface area contributed by atoms with Crippen LogP contribution in [0.25, 0.3) is 66.4 Å². The van der Waals surface area contributed by atoms with Gasteiger partial charge < -0.3 is 4.98 Å². The predicted molar refractivity (Wildman–Crippen MR) is 145 cm³/mol. The van der Waals surface area contributed by atoms with Crippen LogP contribution >= 0.6 is 0 Å². The highest BCUT2D eigenvalue weighted by Gasteiger charge is 2.16. The van der Waals surface area contributed by atoms with Gasteiger partial charge >= 0.3 is 0 Å². The summed E-state index contributed by atoms with van der Waals surface area (Å²) in [5.41, 5.74) is 8.41. The number of hydrogen-bond donors (Lipinski definition) is 1. The maximum absolute atomic E-state index is 5.21. The lowest BCUT2D eigenvalue weighted by molar-refractivity contribution is 1.33. The van der Waals surface area contributed by atoms with E-state index in [0.29, 0.717) is 0 Å². The van der Waals surface area contributed by atoms with Gasteiger partial charge in [0.2, 0.25) is 0 Å². The Morgan fingerprint density at radius 1 is 0.514 bits per heavy atom. The van der Waals surface area contributed by atoms with E-state index in [9.17, 15) is 0 Å². The van der Waals surface area contributed by atoms with Crippen molar-refractivity contribution in [2.45, 2.75) is 0 Å². The van der Waals surface area contributed by atoms with Crippen molar-refractivity contribution in [3.05, 3.63) is 121 Å². The Bertz CT molecular complexity index is 1830. The summed E-state index contributed by atoms with van der Waals surface area (Å²) in [7, 11) is 0. The fraction of sp³-hybridized carbons (Fsp3) is 0. The maximum atomic E-state index is 5.21. The summed E-state index contributed by atoms with van der Waals surface area (Å²) in [6.45, 7) is 0. The molecule has 4 aromatic carbocycles. The van der Waals surface area contributed by atoms with Crippen molar-refractivity contribution in [2.75, 3.05) is 0 Å². The highest BCUT2D eigenvalue weighted by atomic mass is 14.8. The number of hydrogen-bond acceptors (Lipinski definition) is 2. The maximum Gasteiger partial charge on any atom is 0.0808 e. The molecule has 0 atom stereocenters. The Balaban J connectivity index is 1.54. The zero-order chi connectivity index (χ0) is 23.2. The molecule has 0 amide bonds. The molecule has 0 aliphatic carbocycles. The summed E-state index contributed by atoms with van der Waals surface area (Å²) in [6.07, 6.45) is 1.84. The van der Waals surface area contributed by atoms with E-state index in [1.807, 2.05) is 24.4 Å². The van der Waals surface area contributed by atoms with Crippen LogP contribution in [0.4, 0.5) is 0 Å². The average molecular weight is 448 g/mol. The van der Waals surface area contributed by atoms with Crippen LogP contribution in [0.5, 0.6) is 0 Å². The summed E-state index contributed by atoms with van der Waals surface area (Å²) in [5.74, 6) is 0. The molecule has 7 aromatic rings. The standard InChI is InChI=1S/C32H21N3/c1-2-10-21(11-3-1)29-20-22-12-4-5-13-23(22)30(34-29)27-17-9-15-25-24-14-8-16-26(31(24)35-32(25)27)28-18-6-7-19-33-28/h1-20,35H. The van der Waals surface area contributed by atoms with Gasteiger partial charge in [0, 0.05) is 39.0 Å². The van der Waals surface area contributed by atoms with E-state index < -0.39 is 0 Å². The normalized spacial score (nSPS) is 11.4. The molecule has 3 aromatic heterocycles. The summed E-state index contributed by atoms with van der Waals surface area (Å²) in [6, 6.07) is 40.0. The lowest BCUT2D eigenvalue weighted by atomic mass is 9.99. The van der Waals surface area contributed by atoms with Gasteiger partial charge in [-0.2, -0.15) is 0 Å². The molecule has 3 heterocycles. The molecule has 35 heavy (non-hydrogen) atoms. The van der Waals surface area contributed by atoms with Crippen LogP contribution in [0.15, 0.2) is 121 Å². The quantitative estimate of drug-likeness (QED) is 0.296. The number of pyridine rings is 2. The Kier molecular flexibility index (Phi) is 4.46. The summed E-state index contributed by atoms with van der Waals surface area (Å²) < 4.78 is 0. The van der Waals surface area contributed by atoms with Gasteiger partial charge in [-0.15, -0.1) is 0 Å². The Morgan fingerprint density at radius 2 is 1.20 bits per heavy atom. The first-order valence-corrected chi connectivity index (χ1v) is 11.8. The first-order chi connectivity index (χ1) is 17.4. The molecule has 0 aliphatic rings. The molecular formula is C32H21N3. The van der Waals surface area contributed by atoms with Crippen molar-refractivity contribution in [3.63, 3.8) is 0 Å². The van der Waals surface area contributed by atoms with E-state index in [-0.39, 0.29) is 0 Å². The Morgan fingerprint density at radius 3 is 2.00 bits per heavy atom. The van der Waals surface area contributed by atoms with Crippen molar-refractivity contribution < 1.29 is 0 Å². The minimum atomic E-state index is 0.959. The van der Waals surface area contributed by atoms with E-state index in [1.165, 1.54) is 16.2 Å². The number of para-hydroxylation sites is 2. The molecule has 0 radical (unpaired) electrons. The molecule has 1 N–H and O–H groups in total. The molecule has 0 unspecified atom stereocenters. The zero-order valence-corrected chi connectivity index (χ0v) is 18.9. The van der Waals surface area contributed by atoms with Gasteiger partial charge in [0.05, 0.1) is 28.1 Å². The topological polar surface area (TPSA) is 41.6 Å². The van der Waals surface area contributed by atoms with Gasteiger partial charge in [-0.3, -0.25) is 4.98 Å². The fourth-order valence-corrected chi connectivity index (χ4v) is 5.04. The van der Waals surface area contributed by atoms with E-state index in [4.69, 9.17) is 4.98 Å². The smallest absolute Gasteiger partial charge is 0.0808 e. The molecule has 3 heteroatoms. The van der Waals surface area contributed by atoms with Crippen LogP contribution in [-0.4, -0.2) is 15.0 Å². The van der Waals surface area contributed by atoms with E-state index >= 15 is 0 Å². The van der Waals surface area contributed by atoms with Gasteiger partial charge in [0.15, 0.2) is 0 Å². The largest absolute Gasteiger partial charge is 0.353 e. The molecule has 3 nitrogen and oxygen atoms in total. The van der Waals surface area contributed by atoms with Crippen LogP contribution in [0.3, 0.4) is 0 Å². The number of aromatic amines is 1. The zero-order valence-electron chi connectivity index (χ0n) is 18.9. The van der Waals surface area contributed by atoms with Gasteiger partial charge in [0.1, 0.15) is 0 Å². The van der Waals surface area contributed by atoms with E-state index in [1.54, 1.807) is 0 Å². The van der Waals surface area contributed by atoms with Crippen molar-refractivity contribution in [1.29, 1.82) is 0 Å². The van der Waals surface area contributed by atoms with Gasteiger partial charge in [-0.1, -0.05) is 97.1 Å². The van der Waals surface area contributed by atoms with Crippen LogP contribution in [0.2, 0.25) is 0 Å². The third kappa shape index (κ3) is 3.21. The van der Waals surface area contributed by atoms with Crippen molar-refractivity contribution >= 4 is 32.6 Å². The number of nitrogens with one attached hydrogen (secondary N) is 1. The Labute approximate surface area is 202 Å². The number of rotatable bonds is 3. The van der Waals surface area contributed by atoms with Crippen LogP contribution < -0.4 is 0 Å². The minimum Gasteiger partial charge on any atom is -0.353 e. The highest BCUT2D eigenvalue weighted by molar-refractivity contribution is 6.16. The lowest BCUT2D eigenvalue weighted by Gasteiger charge is -2.11. The number of benzene rings is 4. The predicted octanol–water partition coefficient (Wildman–Crippen LogP) is 8.27. The second-order valence-electron chi connectivity index (χ2n) is 8.74. The number of H-pyrrole nitrogens is 1. The van der Waals surface area contributed by atoms with Gasteiger partial charge in [-0.05, 0) is 23.6 Å². The highest BCUT2D eigenvalue weighted by Crippen LogP contribution is 2.39. The molecule has 0 saturated carbocycles. The molecule has 164 valence electrons. The van der Waals surface area contributed by atoms with Gasteiger partial charge in [0.25, 0.3) is 0 Å². The Hall–Kier alpha value is -4.76. The van der Waals surface area contributed by atoms with Crippen molar-refractivity contribution in [1.82, 2.24) is 15.0 Å². The van der Waals surface area contributed by atoms with Crippen LogP contribution in [0, 0.1) is 0 Å². The molecule has 7 rings (SSSR count). The molecule has 0 bridgehead atoms. The number of fused-ring (bicyclic) bond motifs is 4. The van der Waals surface area contributed by atoms with Crippen molar-refractivity contribution in [2.24, 2.45) is 0 Å². The third-order valence-electron chi connectivity index (χ3n) is 6.67. The van der Waals surface area contributed by atoms with E-state index in [2.05, 4.69) is 107 Å². The first-order valence-electron chi connectivity index (χ1n) is 11.8. The second kappa shape index (κ2) is 7.93. The molecule has 0 aliphatic heterocycles. The van der Waals surface area contributed by atoms with Crippen LogP contribution in [-0.2, 0) is 0 Å². The average Bonchev–Trinajstić information content (AvgIpc) is 3.33. The number of nitrogens with zero attached hydrogens (tertiary/aromatic N) is 2. The second-order valence-corrected chi connectivity index (χ2v) is 8.74. The minimum absolute atomic E-state index is 0.959. The fourth-order valence-electron chi connectivity index (χ4n) is 5.04. The summed E-state index contributed by atoms with van der Waals surface area (Å²) in [4.78, 5) is 13.6. The van der Waals surface area contributed by atoms with Gasteiger partial charge in [-0.25, -0.2) is 4.98 Å². The first kappa shape index (κ1) is 19.7. The summed E-state index contributed by atoms with van der Waals surface area (Å²) >= 11 is 0. The van der Waals surface area contributed by atoms with Crippen LogP contribution in [0.1, 0.15) is 0 Å². The monoisotopic (exact) mass is 447 g/mol. The lowest BCUT2D eigenvalue weighted by Crippen LogP contribution is -1.92. The van der Waals surface area contributed by atoms with Crippen molar-refractivity contribution in [3.8, 4) is 33.8 Å². The van der Waals surface area contributed by atoms with E-state index in [0.717, 1.165) is 50.2 Å². The molecular weight excluding hydrogens is 426 g/mol. The number of aromatic nitrogens is 3. The molecule has 0 fully saturated rings. The third-order valence-corrected chi connectivity index (χ3v) is 6.67. The molecule has 0 saturated heterocycles. The summed E-state index contributed by atoms with van der Waals surface area (Å²) in [5, 5.41) is 4.70.